The topological polar surface area (TPSA) is 109 Å². The van der Waals surface area contributed by atoms with E-state index in [1.165, 1.54) is 37.5 Å². The molecule has 168 valence electrons. The molecule has 1 heterocycles. The number of anilines is 1. The van der Waals surface area contributed by atoms with Crippen LogP contribution < -0.4 is 10.6 Å². The minimum Gasteiger partial charge on any atom is -0.467 e. The molecule has 2 N–H and O–H groups in total. The number of benzene rings is 2. The fourth-order valence-corrected chi connectivity index (χ4v) is 4.49. The number of nitrogens with one attached hydrogen (secondary N) is 2. The van der Waals surface area contributed by atoms with Gasteiger partial charge in [0.2, 0.25) is 21.8 Å². The molecule has 10 heteroatoms. The lowest BCUT2D eigenvalue weighted by Gasteiger charge is -2.22. The van der Waals surface area contributed by atoms with Crippen molar-refractivity contribution in [2.75, 3.05) is 11.9 Å². The van der Waals surface area contributed by atoms with E-state index in [1.54, 1.807) is 36.4 Å². The Kier molecular flexibility index (Phi) is 7.68. The van der Waals surface area contributed by atoms with Crippen LogP contribution in [0.1, 0.15) is 18.2 Å². The van der Waals surface area contributed by atoms with Crippen molar-refractivity contribution in [1.29, 1.82) is 0 Å². The van der Waals surface area contributed by atoms with Gasteiger partial charge in [-0.2, -0.15) is 4.31 Å². The largest absolute Gasteiger partial charge is 0.467 e. The van der Waals surface area contributed by atoms with Gasteiger partial charge in [0, 0.05) is 24.2 Å². The van der Waals surface area contributed by atoms with Crippen molar-refractivity contribution >= 4 is 39.1 Å². The molecule has 0 aliphatic rings. The molecule has 3 aromatic rings. The molecule has 0 aliphatic heterocycles. The summed E-state index contributed by atoms with van der Waals surface area (Å²) in [5.74, 6) is -0.214. The molecule has 0 bridgehead atoms. The van der Waals surface area contributed by atoms with Gasteiger partial charge in [0.15, 0.2) is 0 Å². The zero-order valence-corrected chi connectivity index (χ0v) is 18.8. The number of carbonyl (C=O) groups is 2. The van der Waals surface area contributed by atoms with E-state index in [-0.39, 0.29) is 23.9 Å². The molecule has 0 radical (unpaired) electrons. The Bertz CT molecular complexity index is 1180. The average Bonchev–Trinajstić information content (AvgIpc) is 3.27. The highest BCUT2D eigenvalue weighted by atomic mass is 35.5. The summed E-state index contributed by atoms with van der Waals surface area (Å²) in [6.45, 7) is 0.986. The summed E-state index contributed by atoms with van der Waals surface area (Å²) in [5, 5.41) is 5.63. The van der Waals surface area contributed by atoms with Crippen LogP contribution in [-0.2, 0) is 32.7 Å². The Labute approximate surface area is 191 Å². The van der Waals surface area contributed by atoms with E-state index in [1.807, 2.05) is 0 Å². The lowest BCUT2D eigenvalue weighted by Crippen LogP contribution is -2.40. The summed E-state index contributed by atoms with van der Waals surface area (Å²) >= 11 is 6.22. The molecule has 32 heavy (non-hydrogen) atoms. The zero-order chi connectivity index (χ0) is 23.1. The van der Waals surface area contributed by atoms with Crippen molar-refractivity contribution in [3.63, 3.8) is 0 Å². The lowest BCUT2D eigenvalue weighted by atomic mass is 10.2. The summed E-state index contributed by atoms with van der Waals surface area (Å²) in [6.07, 6.45) is 1.49. The van der Waals surface area contributed by atoms with Gasteiger partial charge in [-0.25, -0.2) is 8.42 Å². The molecule has 2 aromatic carbocycles. The van der Waals surface area contributed by atoms with E-state index < -0.39 is 22.5 Å². The number of furan rings is 1. The molecule has 0 saturated carbocycles. The van der Waals surface area contributed by atoms with Crippen LogP contribution in [0.5, 0.6) is 0 Å². The number of halogens is 1. The number of rotatable bonds is 9. The van der Waals surface area contributed by atoms with Gasteiger partial charge in [0.1, 0.15) is 5.76 Å². The number of nitrogens with zero attached hydrogens (tertiary/aromatic N) is 1. The first kappa shape index (κ1) is 23.5. The number of amides is 2. The highest BCUT2D eigenvalue weighted by Gasteiger charge is 2.27. The van der Waals surface area contributed by atoms with E-state index >= 15 is 0 Å². The second-order valence-corrected chi connectivity index (χ2v) is 9.27. The van der Waals surface area contributed by atoms with Crippen molar-refractivity contribution < 1.29 is 22.4 Å². The molecule has 0 aliphatic carbocycles. The normalized spacial score (nSPS) is 11.3. The molecule has 0 atom stereocenters. The third kappa shape index (κ3) is 6.19. The minimum absolute atomic E-state index is 0.0162. The van der Waals surface area contributed by atoms with E-state index in [4.69, 9.17) is 16.0 Å². The maximum Gasteiger partial charge on any atom is 0.243 e. The molecule has 0 fully saturated rings. The van der Waals surface area contributed by atoms with Gasteiger partial charge in [-0.3, -0.25) is 9.59 Å². The fourth-order valence-electron chi connectivity index (χ4n) is 2.92. The van der Waals surface area contributed by atoms with Crippen molar-refractivity contribution in [1.82, 2.24) is 9.62 Å². The smallest absolute Gasteiger partial charge is 0.243 e. The molecular weight excluding hydrogens is 454 g/mol. The predicted octanol–water partition coefficient (Wildman–Crippen LogP) is 3.40. The molecule has 0 spiro atoms. The standard InChI is InChI=1S/C22H22ClN3O5S/c1-16(27)25-18-8-10-20(11-9-18)32(29,30)26(14-17-5-2-3-7-21(17)23)15-22(28)24-13-19-6-4-12-31-19/h2-12H,13-15H2,1H3,(H,24,28)(H,25,27). The highest BCUT2D eigenvalue weighted by Crippen LogP contribution is 2.23. The van der Waals surface area contributed by atoms with Crippen LogP contribution >= 0.6 is 11.6 Å². The number of sulfonamides is 1. The van der Waals surface area contributed by atoms with Crippen LogP contribution in [0.3, 0.4) is 0 Å². The molecule has 1 aromatic heterocycles. The summed E-state index contributed by atoms with van der Waals surface area (Å²) in [7, 11) is -4.05. The first-order valence-electron chi connectivity index (χ1n) is 9.66. The predicted molar refractivity (Wildman–Crippen MR) is 120 cm³/mol. The lowest BCUT2D eigenvalue weighted by molar-refractivity contribution is -0.121. The van der Waals surface area contributed by atoms with Crippen molar-refractivity contribution in [3.8, 4) is 0 Å². The Morgan fingerprint density at radius 2 is 1.75 bits per heavy atom. The highest BCUT2D eigenvalue weighted by molar-refractivity contribution is 7.89. The van der Waals surface area contributed by atoms with Crippen LogP contribution in [0.15, 0.2) is 76.2 Å². The van der Waals surface area contributed by atoms with Gasteiger partial charge in [-0.15, -0.1) is 0 Å². The first-order chi connectivity index (χ1) is 15.3. The Balaban J connectivity index is 1.83. The van der Waals surface area contributed by atoms with Crippen LogP contribution in [0.25, 0.3) is 0 Å². The molecule has 3 rings (SSSR count). The summed E-state index contributed by atoms with van der Waals surface area (Å²) < 4.78 is 32.9. The van der Waals surface area contributed by atoms with Gasteiger partial charge < -0.3 is 15.1 Å². The molecule has 0 saturated heterocycles. The SMILES string of the molecule is CC(=O)Nc1ccc(S(=O)(=O)N(CC(=O)NCc2ccco2)Cc2ccccc2Cl)cc1. The van der Waals surface area contributed by atoms with Crippen molar-refractivity contribution in [3.05, 3.63) is 83.3 Å². The summed E-state index contributed by atoms with van der Waals surface area (Å²) in [5.41, 5.74) is 1.02. The third-order valence-corrected chi connectivity index (χ3v) is 6.65. The zero-order valence-electron chi connectivity index (χ0n) is 17.2. The maximum atomic E-state index is 13.3. The van der Waals surface area contributed by atoms with Crippen molar-refractivity contribution in [2.45, 2.75) is 24.9 Å². The second kappa shape index (κ2) is 10.4. The molecule has 8 nitrogen and oxygen atoms in total. The Morgan fingerprint density at radius 1 is 1.03 bits per heavy atom. The van der Waals surface area contributed by atoms with Gasteiger partial charge in [-0.1, -0.05) is 29.8 Å². The Hall–Kier alpha value is -3.14. The molecular formula is C22H22ClN3O5S. The van der Waals surface area contributed by atoms with Gasteiger partial charge in [0.05, 0.1) is 24.2 Å². The Morgan fingerprint density at radius 3 is 2.38 bits per heavy atom. The van der Waals surface area contributed by atoms with E-state index in [2.05, 4.69) is 10.6 Å². The monoisotopic (exact) mass is 475 g/mol. The van der Waals surface area contributed by atoms with Crippen LogP contribution in [0.2, 0.25) is 5.02 Å². The number of carbonyl (C=O) groups excluding carboxylic acids is 2. The summed E-state index contributed by atoms with van der Waals surface area (Å²) in [6, 6.07) is 16.0. The first-order valence-corrected chi connectivity index (χ1v) is 11.5. The van der Waals surface area contributed by atoms with Crippen LogP contribution in [-0.4, -0.2) is 31.1 Å². The summed E-state index contributed by atoms with van der Waals surface area (Å²) in [4.78, 5) is 23.7. The van der Waals surface area contributed by atoms with Gasteiger partial charge >= 0.3 is 0 Å². The van der Waals surface area contributed by atoms with Crippen molar-refractivity contribution in [2.24, 2.45) is 0 Å². The molecule has 2 amide bonds. The fraction of sp³-hybridized carbons (Fsp3) is 0.182. The second-order valence-electron chi connectivity index (χ2n) is 6.93. The van der Waals surface area contributed by atoms with Crippen LogP contribution in [0.4, 0.5) is 5.69 Å². The third-order valence-electron chi connectivity index (χ3n) is 4.48. The number of hydrogen-bond acceptors (Lipinski definition) is 5. The van der Waals surface area contributed by atoms with Gasteiger partial charge in [-0.05, 0) is 48.0 Å². The van der Waals surface area contributed by atoms with Gasteiger partial charge in [0.25, 0.3) is 0 Å². The van der Waals surface area contributed by atoms with Crippen LogP contribution in [0, 0.1) is 0 Å². The maximum absolute atomic E-state index is 13.3. The van der Waals surface area contributed by atoms with E-state index in [9.17, 15) is 18.0 Å². The number of hydrogen-bond donors (Lipinski definition) is 2. The van der Waals surface area contributed by atoms with E-state index in [0.717, 1.165) is 4.31 Å². The quantitative estimate of drug-likeness (QED) is 0.493. The molecule has 0 unspecified atom stereocenters. The minimum atomic E-state index is -4.05. The van der Waals surface area contributed by atoms with E-state index in [0.29, 0.717) is 22.0 Å². The average molecular weight is 476 g/mol.